The van der Waals surface area contributed by atoms with E-state index in [0.717, 1.165) is 22.6 Å². The highest BCUT2D eigenvalue weighted by atomic mass is 32.1. The predicted octanol–water partition coefficient (Wildman–Crippen LogP) is 2.86. The lowest BCUT2D eigenvalue weighted by atomic mass is 9.97. The summed E-state index contributed by atoms with van der Waals surface area (Å²) in [6, 6.07) is 7.57. The lowest BCUT2D eigenvalue weighted by molar-refractivity contribution is -0.108. The molecule has 4 heteroatoms. The van der Waals surface area contributed by atoms with Gasteiger partial charge in [-0.15, -0.1) is 11.3 Å². The minimum absolute atomic E-state index is 0.251. The van der Waals surface area contributed by atoms with Crippen LogP contribution >= 0.6 is 11.3 Å². The van der Waals surface area contributed by atoms with Crippen molar-refractivity contribution in [3.8, 4) is 5.75 Å². The molecule has 1 unspecified atom stereocenters. The summed E-state index contributed by atoms with van der Waals surface area (Å²) in [5, 5.41) is 2.68. The molecule has 0 spiro atoms. The number of nitrogens with zero attached hydrogens (tertiary/aromatic N) is 1. The van der Waals surface area contributed by atoms with E-state index in [0.29, 0.717) is 5.76 Å². The van der Waals surface area contributed by atoms with Crippen LogP contribution in [0.4, 0.5) is 0 Å². The quantitative estimate of drug-likeness (QED) is 0.761. The predicted molar refractivity (Wildman–Crippen MR) is 66.0 cm³/mol. The molecule has 2 heterocycles. The lowest BCUT2D eigenvalue weighted by Crippen LogP contribution is -2.09. The Labute approximate surface area is 102 Å². The van der Waals surface area contributed by atoms with Gasteiger partial charge in [0.1, 0.15) is 12.0 Å². The Morgan fingerprint density at radius 3 is 3.00 bits per heavy atom. The molecule has 0 saturated carbocycles. The monoisotopic (exact) mass is 243 g/mol. The summed E-state index contributed by atoms with van der Waals surface area (Å²) < 4.78 is 5.76. The van der Waals surface area contributed by atoms with Crippen molar-refractivity contribution in [2.75, 3.05) is 0 Å². The molecule has 17 heavy (non-hydrogen) atoms. The van der Waals surface area contributed by atoms with Gasteiger partial charge in [0.05, 0.1) is 5.92 Å². The molecule has 0 aliphatic carbocycles. The number of carbonyl (C=O) groups excluding carboxylic acids is 1. The Kier molecular flexibility index (Phi) is 2.49. The number of aldehydes is 1. The van der Waals surface area contributed by atoms with E-state index in [-0.39, 0.29) is 5.92 Å². The van der Waals surface area contributed by atoms with Crippen molar-refractivity contribution in [3.63, 3.8) is 0 Å². The zero-order valence-electron chi connectivity index (χ0n) is 8.87. The molecule has 1 aromatic heterocycles. The van der Waals surface area contributed by atoms with Crippen LogP contribution in [-0.4, -0.2) is 11.3 Å². The summed E-state index contributed by atoms with van der Waals surface area (Å²) in [4.78, 5) is 15.3. The molecule has 0 N–H and O–H groups in total. The van der Waals surface area contributed by atoms with E-state index in [4.69, 9.17) is 4.74 Å². The maximum atomic E-state index is 11.1. The summed E-state index contributed by atoms with van der Waals surface area (Å²) in [7, 11) is 0. The van der Waals surface area contributed by atoms with Gasteiger partial charge in [-0.1, -0.05) is 18.2 Å². The topological polar surface area (TPSA) is 39.2 Å². The number of ether oxygens (including phenoxy) is 1. The maximum Gasteiger partial charge on any atom is 0.160 e. The van der Waals surface area contributed by atoms with Crippen molar-refractivity contribution in [2.24, 2.45) is 0 Å². The maximum absolute atomic E-state index is 11.1. The fraction of sp³-hybridized carbons (Fsp3) is 0.0769. The van der Waals surface area contributed by atoms with Crippen LogP contribution in [0.25, 0.3) is 5.76 Å². The molecular weight excluding hydrogens is 234 g/mol. The number of aromatic nitrogens is 1. The molecule has 1 aromatic carbocycles. The van der Waals surface area contributed by atoms with E-state index in [1.54, 1.807) is 6.20 Å². The number of hydrogen-bond donors (Lipinski definition) is 0. The molecule has 84 valence electrons. The van der Waals surface area contributed by atoms with Crippen LogP contribution in [0.2, 0.25) is 0 Å². The van der Waals surface area contributed by atoms with Gasteiger partial charge in [0.25, 0.3) is 0 Å². The number of para-hydroxylation sites is 1. The second kappa shape index (κ2) is 4.14. The summed E-state index contributed by atoms with van der Waals surface area (Å²) in [5.41, 5.74) is 0.905. The molecule has 0 radical (unpaired) electrons. The average molecular weight is 243 g/mol. The average Bonchev–Trinajstić information content (AvgIpc) is 2.91. The highest BCUT2D eigenvalue weighted by Gasteiger charge is 2.22. The highest BCUT2D eigenvalue weighted by Crippen LogP contribution is 2.36. The van der Waals surface area contributed by atoms with Crippen molar-refractivity contribution < 1.29 is 9.53 Å². The molecule has 0 saturated heterocycles. The molecule has 0 amide bonds. The van der Waals surface area contributed by atoms with Crippen LogP contribution in [0, 0.1) is 0 Å². The standard InChI is InChI=1S/C13H9NO2S/c15-8-9-7-12(13-14-5-6-17-13)16-11-4-2-1-3-10(9)11/h1-9H. The van der Waals surface area contributed by atoms with E-state index in [2.05, 4.69) is 4.98 Å². The minimum atomic E-state index is -0.251. The van der Waals surface area contributed by atoms with Crippen LogP contribution < -0.4 is 4.74 Å². The van der Waals surface area contributed by atoms with Crippen LogP contribution in [0.3, 0.4) is 0 Å². The van der Waals surface area contributed by atoms with Gasteiger partial charge in [-0.3, -0.25) is 0 Å². The Morgan fingerprint density at radius 2 is 2.24 bits per heavy atom. The van der Waals surface area contributed by atoms with Crippen molar-refractivity contribution in [2.45, 2.75) is 5.92 Å². The van der Waals surface area contributed by atoms with Crippen LogP contribution in [0.1, 0.15) is 16.5 Å². The van der Waals surface area contributed by atoms with Crippen molar-refractivity contribution in [3.05, 3.63) is 52.5 Å². The summed E-state index contributed by atoms with van der Waals surface area (Å²) >= 11 is 1.50. The third-order valence-corrected chi connectivity index (χ3v) is 3.41. The third kappa shape index (κ3) is 1.76. The molecule has 3 rings (SSSR count). The molecular formula is C13H9NO2S. The Morgan fingerprint density at radius 1 is 1.35 bits per heavy atom. The Hall–Kier alpha value is -1.94. The van der Waals surface area contributed by atoms with E-state index < -0.39 is 0 Å². The van der Waals surface area contributed by atoms with Gasteiger partial charge in [0.2, 0.25) is 0 Å². The van der Waals surface area contributed by atoms with Gasteiger partial charge in [-0.2, -0.15) is 0 Å². The largest absolute Gasteiger partial charge is 0.454 e. The Balaban J connectivity index is 2.07. The van der Waals surface area contributed by atoms with E-state index in [1.165, 1.54) is 11.3 Å². The molecule has 0 fully saturated rings. The summed E-state index contributed by atoms with van der Waals surface area (Å²) in [6.45, 7) is 0. The normalized spacial score (nSPS) is 17.9. The van der Waals surface area contributed by atoms with Crippen LogP contribution in [-0.2, 0) is 4.79 Å². The fourth-order valence-corrected chi connectivity index (χ4v) is 2.43. The zero-order valence-corrected chi connectivity index (χ0v) is 9.68. The highest BCUT2D eigenvalue weighted by molar-refractivity contribution is 7.10. The van der Waals surface area contributed by atoms with Crippen LogP contribution in [0.5, 0.6) is 5.75 Å². The number of benzene rings is 1. The van der Waals surface area contributed by atoms with Gasteiger partial charge in [-0.05, 0) is 12.1 Å². The van der Waals surface area contributed by atoms with Gasteiger partial charge in [0.15, 0.2) is 10.8 Å². The number of allylic oxidation sites excluding steroid dienone is 1. The minimum Gasteiger partial charge on any atom is -0.454 e. The molecule has 3 nitrogen and oxygen atoms in total. The molecule has 1 aliphatic heterocycles. The first-order chi connectivity index (χ1) is 8.38. The lowest BCUT2D eigenvalue weighted by Gasteiger charge is -2.20. The summed E-state index contributed by atoms with van der Waals surface area (Å²) in [6.07, 6.45) is 4.46. The summed E-state index contributed by atoms with van der Waals surface area (Å²) in [5.74, 6) is 1.15. The Bertz CT molecular complexity index is 575. The second-order valence-corrected chi connectivity index (χ2v) is 4.56. The molecule has 2 aromatic rings. The van der Waals surface area contributed by atoms with E-state index in [9.17, 15) is 4.79 Å². The first kappa shape index (κ1) is 10.2. The number of thiazole rings is 1. The molecule has 1 atom stereocenters. The van der Waals surface area contributed by atoms with Crippen molar-refractivity contribution in [1.82, 2.24) is 4.98 Å². The fourth-order valence-electron chi connectivity index (χ4n) is 1.83. The van der Waals surface area contributed by atoms with Crippen LogP contribution in [0.15, 0.2) is 41.9 Å². The van der Waals surface area contributed by atoms with Crippen molar-refractivity contribution in [1.29, 1.82) is 0 Å². The smallest absolute Gasteiger partial charge is 0.160 e. The SMILES string of the molecule is O=CC1C=C(c2nccs2)Oc2ccccc21. The molecule has 1 aliphatic rings. The van der Waals surface area contributed by atoms with Gasteiger partial charge in [-0.25, -0.2) is 4.98 Å². The number of rotatable bonds is 2. The second-order valence-electron chi connectivity index (χ2n) is 3.67. The van der Waals surface area contributed by atoms with Gasteiger partial charge < -0.3 is 9.53 Å². The first-order valence-corrected chi connectivity index (χ1v) is 6.10. The van der Waals surface area contributed by atoms with Crippen molar-refractivity contribution >= 4 is 23.4 Å². The van der Waals surface area contributed by atoms with E-state index in [1.807, 2.05) is 35.7 Å². The van der Waals surface area contributed by atoms with E-state index >= 15 is 0 Å². The number of hydrogen-bond acceptors (Lipinski definition) is 4. The third-order valence-electron chi connectivity index (χ3n) is 2.62. The van der Waals surface area contributed by atoms with Gasteiger partial charge >= 0.3 is 0 Å². The zero-order chi connectivity index (χ0) is 11.7. The van der Waals surface area contributed by atoms with Gasteiger partial charge in [0, 0.05) is 17.1 Å². The number of fused-ring (bicyclic) bond motifs is 1. The molecule has 0 bridgehead atoms. The first-order valence-electron chi connectivity index (χ1n) is 5.22. The number of carbonyl (C=O) groups is 1.